The Balaban J connectivity index is 2.75. The quantitative estimate of drug-likeness (QED) is 0.794. The third-order valence-corrected chi connectivity index (χ3v) is 2.67. The van der Waals surface area contributed by atoms with Crippen LogP contribution in [-0.4, -0.2) is 26.5 Å². The van der Waals surface area contributed by atoms with Crippen LogP contribution in [0.1, 0.15) is 13.3 Å². The second-order valence-corrected chi connectivity index (χ2v) is 4.10. The zero-order valence-corrected chi connectivity index (χ0v) is 10.5. The molecule has 0 amide bonds. The van der Waals surface area contributed by atoms with Crippen molar-refractivity contribution < 1.29 is 9.53 Å². The lowest BCUT2D eigenvalue weighted by Crippen LogP contribution is -2.20. The number of ether oxygens (including phenoxy) is 1. The number of methoxy groups -OCH3 is 1. The van der Waals surface area contributed by atoms with Gasteiger partial charge in [0.1, 0.15) is 11.5 Å². The Labute approximate surface area is 101 Å². The van der Waals surface area contributed by atoms with Crippen molar-refractivity contribution in [1.29, 1.82) is 0 Å². The Morgan fingerprint density at radius 1 is 1.50 bits per heavy atom. The van der Waals surface area contributed by atoms with E-state index in [0.717, 1.165) is 11.4 Å². The second kappa shape index (κ2) is 5.75. The summed E-state index contributed by atoms with van der Waals surface area (Å²) < 4.78 is 5.07. The first-order valence-electron chi connectivity index (χ1n) is 5.08. The van der Waals surface area contributed by atoms with E-state index < -0.39 is 0 Å². The van der Waals surface area contributed by atoms with Crippen LogP contribution in [0.2, 0.25) is 5.02 Å². The molecule has 1 aromatic carbocycles. The van der Waals surface area contributed by atoms with E-state index >= 15 is 0 Å². The van der Waals surface area contributed by atoms with Gasteiger partial charge in [0.25, 0.3) is 0 Å². The van der Waals surface area contributed by atoms with Crippen molar-refractivity contribution >= 4 is 23.1 Å². The number of nitrogens with zero attached hydrogens (tertiary/aromatic N) is 1. The summed E-state index contributed by atoms with van der Waals surface area (Å²) in [6.07, 6.45) is 0.527. The van der Waals surface area contributed by atoms with Gasteiger partial charge < -0.3 is 9.64 Å². The Hall–Kier alpha value is -1.22. The molecule has 88 valence electrons. The first-order valence-corrected chi connectivity index (χ1v) is 5.46. The zero-order chi connectivity index (χ0) is 12.1. The fourth-order valence-electron chi connectivity index (χ4n) is 1.37. The van der Waals surface area contributed by atoms with E-state index in [1.165, 1.54) is 0 Å². The number of halogens is 1. The lowest BCUT2D eigenvalue weighted by molar-refractivity contribution is -0.116. The molecule has 0 fully saturated rings. The van der Waals surface area contributed by atoms with Crippen LogP contribution in [0.15, 0.2) is 18.2 Å². The molecule has 0 saturated heterocycles. The highest BCUT2D eigenvalue weighted by Gasteiger charge is 2.07. The number of benzene rings is 1. The van der Waals surface area contributed by atoms with Crippen LogP contribution in [0.25, 0.3) is 0 Å². The summed E-state index contributed by atoms with van der Waals surface area (Å²) in [4.78, 5) is 12.8. The number of carbonyl (C=O) groups excluding carboxylic acids is 1. The van der Waals surface area contributed by atoms with E-state index in [4.69, 9.17) is 16.3 Å². The van der Waals surface area contributed by atoms with Crippen molar-refractivity contribution in [3.05, 3.63) is 23.2 Å². The molecule has 0 bridgehead atoms. The highest BCUT2D eigenvalue weighted by atomic mass is 35.5. The van der Waals surface area contributed by atoms with Crippen LogP contribution in [-0.2, 0) is 4.79 Å². The SMILES string of the molecule is COc1ccc(N(C)CCC(C)=O)c(Cl)c1. The molecule has 0 aromatic heterocycles. The van der Waals surface area contributed by atoms with Crippen molar-refractivity contribution in [2.75, 3.05) is 25.6 Å². The molecule has 0 spiro atoms. The smallest absolute Gasteiger partial charge is 0.131 e. The molecule has 1 rings (SSSR count). The Kier molecular flexibility index (Phi) is 4.62. The van der Waals surface area contributed by atoms with E-state index in [0.29, 0.717) is 18.0 Å². The summed E-state index contributed by atoms with van der Waals surface area (Å²) >= 11 is 6.11. The van der Waals surface area contributed by atoms with E-state index in [9.17, 15) is 4.79 Å². The fraction of sp³-hybridized carbons (Fsp3) is 0.417. The van der Waals surface area contributed by atoms with Crippen molar-refractivity contribution in [3.63, 3.8) is 0 Å². The van der Waals surface area contributed by atoms with E-state index in [-0.39, 0.29) is 5.78 Å². The van der Waals surface area contributed by atoms with Gasteiger partial charge in [-0.25, -0.2) is 0 Å². The van der Waals surface area contributed by atoms with Gasteiger partial charge in [-0.2, -0.15) is 0 Å². The minimum Gasteiger partial charge on any atom is -0.497 e. The maximum atomic E-state index is 10.9. The first-order chi connectivity index (χ1) is 7.54. The van der Waals surface area contributed by atoms with Gasteiger partial charge in [0, 0.05) is 26.1 Å². The van der Waals surface area contributed by atoms with Crippen LogP contribution in [0.4, 0.5) is 5.69 Å². The summed E-state index contributed by atoms with van der Waals surface area (Å²) in [5.74, 6) is 0.908. The standard InChI is InChI=1S/C12H16ClNO2/c1-9(15)6-7-14(2)12-5-4-10(16-3)8-11(12)13/h4-5,8H,6-7H2,1-3H3. The normalized spacial score (nSPS) is 10.0. The summed E-state index contributed by atoms with van der Waals surface area (Å²) in [6.45, 7) is 2.25. The summed E-state index contributed by atoms with van der Waals surface area (Å²) in [6, 6.07) is 5.51. The van der Waals surface area contributed by atoms with Crippen molar-refractivity contribution in [2.24, 2.45) is 0 Å². The van der Waals surface area contributed by atoms with Gasteiger partial charge >= 0.3 is 0 Å². The minimum absolute atomic E-state index is 0.177. The van der Waals surface area contributed by atoms with Gasteiger partial charge in [-0.15, -0.1) is 0 Å². The van der Waals surface area contributed by atoms with Gasteiger partial charge in [0.05, 0.1) is 17.8 Å². The average molecular weight is 242 g/mol. The van der Waals surface area contributed by atoms with Crippen LogP contribution in [0.3, 0.4) is 0 Å². The number of rotatable bonds is 5. The maximum Gasteiger partial charge on any atom is 0.131 e. The van der Waals surface area contributed by atoms with E-state index in [2.05, 4.69) is 0 Å². The highest BCUT2D eigenvalue weighted by molar-refractivity contribution is 6.33. The number of carbonyl (C=O) groups is 1. The van der Waals surface area contributed by atoms with Crippen molar-refractivity contribution in [2.45, 2.75) is 13.3 Å². The van der Waals surface area contributed by atoms with Crippen LogP contribution in [0, 0.1) is 0 Å². The number of hydrogen-bond acceptors (Lipinski definition) is 3. The molecule has 0 aliphatic carbocycles. The molecule has 0 aliphatic heterocycles. The largest absolute Gasteiger partial charge is 0.497 e. The average Bonchev–Trinajstić information content (AvgIpc) is 2.25. The fourth-order valence-corrected chi connectivity index (χ4v) is 1.68. The molecule has 16 heavy (non-hydrogen) atoms. The molecule has 0 saturated carbocycles. The van der Waals surface area contributed by atoms with Gasteiger partial charge in [-0.05, 0) is 19.1 Å². The molecule has 0 heterocycles. The second-order valence-electron chi connectivity index (χ2n) is 3.69. The van der Waals surface area contributed by atoms with Gasteiger partial charge in [-0.3, -0.25) is 4.79 Å². The van der Waals surface area contributed by atoms with Gasteiger partial charge in [0.2, 0.25) is 0 Å². The van der Waals surface area contributed by atoms with Crippen LogP contribution in [0.5, 0.6) is 5.75 Å². The Morgan fingerprint density at radius 2 is 2.19 bits per heavy atom. The third kappa shape index (κ3) is 3.42. The maximum absolute atomic E-state index is 10.9. The van der Waals surface area contributed by atoms with Crippen LogP contribution < -0.4 is 9.64 Å². The molecule has 4 heteroatoms. The number of anilines is 1. The zero-order valence-electron chi connectivity index (χ0n) is 9.79. The molecule has 0 atom stereocenters. The first kappa shape index (κ1) is 12.8. The predicted molar refractivity (Wildman–Crippen MR) is 66.6 cm³/mol. The predicted octanol–water partition coefficient (Wildman–Crippen LogP) is 2.76. The molecule has 3 nitrogen and oxygen atoms in total. The topological polar surface area (TPSA) is 29.5 Å². The molecule has 0 unspecified atom stereocenters. The summed E-state index contributed by atoms with van der Waals surface area (Å²) in [7, 11) is 3.52. The van der Waals surface area contributed by atoms with E-state index in [1.807, 2.05) is 24.1 Å². The van der Waals surface area contributed by atoms with E-state index in [1.54, 1.807) is 20.1 Å². The van der Waals surface area contributed by atoms with Gasteiger partial charge in [-0.1, -0.05) is 11.6 Å². The summed E-state index contributed by atoms with van der Waals surface area (Å²) in [5, 5.41) is 0.630. The minimum atomic E-state index is 0.177. The Morgan fingerprint density at radius 3 is 2.69 bits per heavy atom. The number of Topliss-reactive ketones (excluding diaryl/α,β-unsaturated/α-hetero) is 1. The van der Waals surface area contributed by atoms with Crippen LogP contribution >= 0.6 is 11.6 Å². The van der Waals surface area contributed by atoms with Crippen molar-refractivity contribution in [3.8, 4) is 5.75 Å². The van der Waals surface area contributed by atoms with Gasteiger partial charge in [0.15, 0.2) is 0 Å². The molecule has 1 aromatic rings. The molecule has 0 N–H and O–H groups in total. The molecular formula is C12H16ClNO2. The third-order valence-electron chi connectivity index (χ3n) is 2.37. The summed E-state index contributed by atoms with van der Waals surface area (Å²) in [5.41, 5.74) is 0.906. The Bertz CT molecular complexity index is 379. The lowest BCUT2D eigenvalue weighted by atomic mass is 10.2. The number of ketones is 1. The van der Waals surface area contributed by atoms with Crippen molar-refractivity contribution in [1.82, 2.24) is 0 Å². The molecule has 0 aliphatic rings. The number of hydrogen-bond donors (Lipinski definition) is 0. The molecule has 0 radical (unpaired) electrons. The monoisotopic (exact) mass is 241 g/mol. The molecular weight excluding hydrogens is 226 g/mol. The highest BCUT2D eigenvalue weighted by Crippen LogP contribution is 2.29. The lowest BCUT2D eigenvalue weighted by Gasteiger charge is -2.20.